The van der Waals surface area contributed by atoms with Gasteiger partial charge in [-0.3, -0.25) is 4.79 Å². The van der Waals surface area contributed by atoms with Crippen molar-refractivity contribution < 1.29 is 14.3 Å². The maximum atomic E-state index is 13.3. The van der Waals surface area contributed by atoms with Crippen LogP contribution >= 0.6 is 11.8 Å². The van der Waals surface area contributed by atoms with Gasteiger partial charge in [0.25, 0.3) is 5.91 Å². The lowest BCUT2D eigenvalue weighted by Crippen LogP contribution is -2.41. The van der Waals surface area contributed by atoms with Crippen LogP contribution in [0.5, 0.6) is 5.75 Å². The van der Waals surface area contributed by atoms with Gasteiger partial charge in [-0.05, 0) is 12.1 Å². The highest BCUT2D eigenvalue weighted by Gasteiger charge is 2.32. The van der Waals surface area contributed by atoms with Crippen LogP contribution in [-0.2, 0) is 10.5 Å². The van der Waals surface area contributed by atoms with E-state index >= 15 is 0 Å². The number of hydrogen-bond donors (Lipinski definition) is 0. The third-order valence-electron chi connectivity index (χ3n) is 5.06. The second-order valence-corrected chi connectivity index (χ2v) is 7.69. The number of benzene rings is 1. The Kier molecular flexibility index (Phi) is 5.60. The molecule has 4 rings (SSSR count). The van der Waals surface area contributed by atoms with Crippen LogP contribution in [0.2, 0.25) is 0 Å². The molecule has 0 spiro atoms. The maximum Gasteiger partial charge on any atom is 0.274 e. The number of morpholine rings is 1. The van der Waals surface area contributed by atoms with Gasteiger partial charge in [-0.15, -0.1) is 11.8 Å². The molecule has 2 aromatic rings. The number of methoxy groups -OCH3 is 1. The van der Waals surface area contributed by atoms with Crippen LogP contribution < -0.4 is 4.74 Å². The minimum absolute atomic E-state index is 0.0581. The van der Waals surface area contributed by atoms with Gasteiger partial charge in [0.1, 0.15) is 5.75 Å². The Bertz CT molecular complexity index is 1000. The van der Waals surface area contributed by atoms with E-state index in [0.29, 0.717) is 37.8 Å². The summed E-state index contributed by atoms with van der Waals surface area (Å²) < 4.78 is 12.6. The van der Waals surface area contributed by atoms with Gasteiger partial charge in [-0.1, -0.05) is 31.4 Å². The molecule has 1 fully saturated rings. The maximum absolute atomic E-state index is 13.3. The van der Waals surface area contributed by atoms with Gasteiger partial charge in [0, 0.05) is 41.0 Å². The number of nitrogens with zero attached hydrogens (tertiary/aromatic N) is 3. The van der Waals surface area contributed by atoms with Crippen molar-refractivity contribution in [3.05, 3.63) is 71.4 Å². The Morgan fingerprint density at radius 3 is 2.76 bits per heavy atom. The summed E-state index contributed by atoms with van der Waals surface area (Å²) in [4.78, 5) is 16.1. The molecule has 7 heteroatoms. The first kappa shape index (κ1) is 19.5. The molecule has 0 atom stereocenters. The fourth-order valence-corrected chi connectivity index (χ4v) is 4.62. The van der Waals surface area contributed by atoms with Crippen LogP contribution in [0.3, 0.4) is 0 Å². The molecule has 0 N–H and O–H groups in total. The number of rotatable bonds is 5. The minimum atomic E-state index is -0.0581. The molecule has 1 aromatic carbocycles. The minimum Gasteiger partial charge on any atom is -0.497 e. The lowest BCUT2D eigenvalue weighted by Gasteiger charge is -2.26. The van der Waals surface area contributed by atoms with Gasteiger partial charge in [0.05, 0.1) is 31.7 Å². The van der Waals surface area contributed by atoms with Gasteiger partial charge in [0.2, 0.25) is 0 Å². The first-order valence-corrected chi connectivity index (χ1v) is 10.4. The summed E-state index contributed by atoms with van der Waals surface area (Å²) in [5.74, 6) is 1.33. The van der Waals surface area contributed by atoms with Crippen molar-refractivity contribution in [2.75, 3.05) is 33.4 Å². The van der Waals surface area contributed by atoms with Crippen molar-refractivity contribution >= 4 is 23.2 Å². The average Bonchev–Trinajstić information content (AvgIpc) is 3.18. The van der Waals surface area contributed by atoms with Gasteiger partial charge in [-0.2, -0.15) is 5.10 Å². The zero-order chi connectivity index (χ0) is 20.4. The van der Waals surface area contributed by atoms with E-state index in [1.807, 2.05) is 46.0 Å². The number of amides is 1. The van der Waals surface area contributed by atoms with Crippen molar-refractivity contribution in [1.29, 1.82) is 0 Å². The van der Waals surface area contributed by atoms with Gasteiger partial charge in [0.15, 0.2) is 5.69 Å². The molecule has 0 bridgehead atoms. The molecule has 6 nitrogen and oxygen atoms in total. The van der Waals surface area contributed by atoms with Crippen LogP contribution in [-0.4, -0.2) is 54.0 Å². The summed E-state index contributed by atoms with van der Waals surface area (Å²) in [5, 5.41) is 4.78. The third-order valence-corrected chi connectivity index (χ3v) is 6.19. The Morgan fingerprint density at radius 1 is 1.28 bits per heavy atom. The predicted molar refractivity (Wildman–Crippen MR) is 115 cm³/mol. The number of carbonyl (C=O) groups is 1. The third kappa shape index (κ3) is 3.52. The summed E-state index contributed by atoms with van der Waals surface area (Å²) in [7, 11) is 1.63. The van der Waals surface area contributed by atoms with E-state index in [9.17, 15) is 4.79 Å². The predicted octanol–water partition coefficient (Wildman–Crippen LogP) is 3.68. The van der Waals surface area contributed by atoms with Crippen molar-refractivity contribution in [2.24, 2.45) is 0 Å². The molecule has 1 aromatic heterocycles. The zero-order valence-corrected chi connectivity index (χ0v) is 17.2. The van der Waals surface area contributed by atoms with E-state index in [2.05, 4.69) is 13.2 Å². The fourth-order valence-electron chi connectivity index (χ4n) is 3.59. The summed E-state index contributed by atoms with van der Waals surface area (Å²) in [5.41, 5.74) is 4.06. The Morgan fingerprint density at radius 2 is 2.07 bits per heavy atom. The molecule has 1 saturated heterocycles. The van der Waals surface area contributed by atoms with Gasteiger partial charge < -0.3 is 14.4 Å². The molecule has 0 unspecified atom stereocenters. The molecule has 2 aliphatic heterocycles. The summed E-state index contributed by atoms with van der Waals surface area (Å²) in [6, 6.07) is 7.66. The Balaban J connectivity index is 1.90. The molecular formula is C22H23N3O3S. The molecule has 0 saturated carbocycles. The van der Waals surface area contributed by atoms with E-state index in [4.69, 9.17) is 14.6 Å². The monoisotopic (exact) mass is 409 g/mol. The van der Waals surface area contributed by atoms with E-state index < -0.39 is 0 Å². The smallest absolute Gasteiger partial charge is 0.274 e. The SMILES string of the molecule is C=CC1=C(C=C)c2c(c(C(=O)N3CCOCC3)nn2-c2cccc(OC)c2)CS1. The number of fused-ring (bicyclic) bond motifs is 1. The van der Waals surface area contributed by atoms with Crippen LogP contribution in [0.15, 0.2) is 54.5 Å². The number of ether oxygens (including phenoxy) is 2. The topological polar surface area (TPSA) is 56.6 Å². The van der Waals surface area contributed by atoms with E-state index in [1.165, 1.54) is 0 Å². The molecule has 150 valence electrons. The van der Waals surface area contributed by atoms with E-state index in [1.54, 1.807) is 18.9 Å². The zero-order valence-electron chi connectivity index (χ0n) is 16.4. The van der Waals surface area contributed by atoms with Crippen LogP contribution in [0.1, 0.15) is 21.7 Å². The van der Waals surface area contributed by atoms with Crippen molar-refractivity contribution in [3.63, 3.8) is 0 Å². The van der Waals surface area contributed by atoms with Crippen molar-refractivity contribution in [1.82, 2.24) is 14.7 Å². The van der Waals surface area contributed by atoms with E-state index in [0.717, 1.165) is 33.2 Å². The fraction of sp³-hybridized carbons (Fsp3) is 0.273. The molecule has 29 heavy (non-hydrogen) atoms. The molecule has 0 radical (unpaired) electrons. The average molecular weight is 410 g/mol. The first-order chi connectivity index (χ1) is 14.2. The Hall–Kier alpha value is -2.77. The second kappa shape index (κ2) is 8.31. The van der Waals surface area contributed by atoms with Gasteiger partial charge >= 0.3 is 0 Å². The molecule has 1 amide bonds. The lowest BCUT2D eigenvalue weighted by molar-refractivity contribution is 0.0298. The number of hydrogen-bond acceptors (Lipinski definition) is 5. The number of carbonyl (C=O) groups excluding carboxylic acids is 1. The lowest BCUT2D eigenvalue weighted by atomic mass is 10.0. The Labute approximate surface area is 174 Å². The van der Waals surface area contributed by atoms with Crippen LogP contribution in [0, 0.1) is 0 Å². The highest BCUT2D eigenvalue weighted by Crippen LogP contribution is 2.41. The molecule has 0 aliphatic carbocycles. The van der Waals surface area contributed by atoms with Crippen molar-refractivity contribution in [2.45, 2.75) is 5.75 Å². The van der Waals surface area contributed by atoms with Crippen LogP contribution in [0.25, 0.3) is 11.3 Å². The number of thioether (sulfide) groups is 1. The summed E-state index contributed by atoms with van der Waals surface area (Å²) in [6.45, 7) is 10.2. The largest absolute Gasteiger partial charge is 0.497 e. The first-order valence-electron chi connectivity index (χ1n) is 9.43. The molecule has 2 aliphatic rings. The quantitative estimate of drug-likeness (QED) is 0.754. The highest BCUT2D eigenvalue weighted by atomic mass is 32.2. The molecular weight excluding hydrogens is 386 g/mol. The highest BCUT2D eigenvalue weighted by molar-refractivity contribution is 8.02. The number of aromatic nitrogens is 2. The molecule has 3 heterocycles. The van der Waals surface area contributed by atoms with Crippen LogP contribution in [0.4, 0.5) is 0 Å². The summed E-state index contributed by atoms with van der Waals surface area (Å²) in [6.07, 6.45) is 3.64. The standard InChI is InChI=1S/C22H23N3O3S/c1-4-17-19(5-2)29-14-18-20(22(26)24-9-11-28-12-10-24)23-25(21(17)18)15-7-6-8-16(13-15)27-3/h4-8,13H,1-2,9-12,14H2,3H3. The van der Waals surface area contributed by atoms with Crippen molar-refractivity contribution in [3.8, 4) is 11.4 Å². The summed E-state index contributed by atoms with van der Waals surface area (Å²) >= 11 is 1.65. The van der Waals surface area contributed by atoms with Gasteiger partial charge in [-0.25, -0.2) is 4.68 Å². The van der Waals surface area contributed by atoms with E-state index in [-0.39, 0.29) is 5.91 Å². The number of allylic oxidation sites excluding steroid dienone is 3. The second-order valence-electron chi connectivity index (χ2n) is 6.67. The normalized spacial score (nSPS) is 16.4.